The first-order chi connectivity index (χ1) is 9.66. The van der Waals surface area contributed by atoms with Gasteiger partial charge in [0.25, 0.3) is 0 Å². The Morgan fingerprint density at radius 1 is 0.950 bits per heavy atom. The number of hydrogen-bond donors (Lipinski definition) is 2. The third-order valence-electron chi connectivity index (χ3n) is 3.49. The quantitative estimate of drug-likeness (QED) is 0.359. The summed E-state index contributed by atoms with van der Waals surface area (Å²) in [6.45, 7) is 2.23. The summed E-state index contributed by atoms with van der Waals surface area (Å²) in [4.78, 5) is 10.3. The van der Waals surface area contributed by atoms with Gasteiger partial charge in [0.2, 0.25) is 0 Å². The Labute approximate surface area is 124 Å². The lowest BCUT2D eigenvalue weighted by Crippen LogP contribution is -2.09. The third kappa shape index (κ3) is 15.2. The van der Waals surface area contributed by atoms with Gasteiger partial charge in [-0.05, 0) is 38.5 Å². The molecule has 0 aliphatic heterocycles. The van der Waals surface area contributed by atoms with E-state index in [0.717, 1.165) is 25.7 Å². The van der Waals surface area contributed by atoms with Crippen molar-refractivity contribution in [1.29, 1.82) is 0 Å². The van der Waals surface area contributed by atoms with E-state index in [0.29, 0.717) is 6.42 Å². The zero-order valence-corrected chi connectivity index (χ0v) is 13.0. The molecule has 1 atom stereocenters. The molecule has 1 unspecified atom stereocenters. The maximum Gasteiger partial charge on any atom is 0.303 e. The molecule has 0 rings (SSSR count). The summed E-state index contributed by atoms with van der Waals surface area (Å²) in [6, 6.07) is 0. The van der Waals surface area contributed by atoms with E-state index < -0.39 is 12.1 Å². The second-order valence-corrected chi connectivity index (χ2v) is 5.54. The first-order valence-corrected chi connectivity index (χ1v) is 8.21. The second kappa shape index (κ2) is 14.6. The van der Waals surface area contributed by atoms with Crippen LogP contribution in [0.25, 0.3) is 0 Å². The molecular formula is C17H32O3. The summed E-state index contributed by atoms with van der Waals surface area (Å²) in [7, 11) is 0. The number of carboxylic acids is 1. The molecule has 0 aromatic rings. The highest BCUT2D eigenvalue weighted by molar-refractivity contribution is 5.66. The van der Waals surface area contributed by atoms with Gasteiger partial charge in [-0.15, -0.1) is 0 Å². The van der Waals surface area contributed by atoms with Crippen molar-refractivity contribution in [3.8, 4) is 0 Å². The van der Waals surface area contributed by atoms with Crippen molar-refractivity contribution in [3.05, 3.63) is 12.2 Å². The van der Waals surface area contributed by atoms with Gasteiger partial charge in [-0.25, -0.2) is 0 Å². The number of hydrogen-bond acceptors (Lipinski definition) is 2. The standard InChI is InChI=1S/C17H32O3/c1-2-3-4-5-6-7-8-9-10-11-12-13-16(18)14-15-17(19)20/h8-9,16,18H,2-7,10-15H2,1H3,(H,19,20)/b9-8-. The summed E-state index contributed by atoms with van der Waals surface area (Å²) >= 11 is 0. The molecule has 3 nitrogen and oxygen atoms in total. The fourth-order valence-electron chi connectivity index (χ4n) is 2.18. The Morgan fingerprint density at radius 3 is 2.15 bits per heavy atom. The molecule has 118 valence electrons. The number of aliphatic hydroxyl groups excluding tert-OH is 1. The van der Waals surface area contributed by atoms with Gasteiger partial charge >= 0.3 is 5.97 Å². The van der Waals surface area contributed by atoms with Gasteiger partial charge in [0.15, 0.2) is 0 Å². The van der Waals surface area contributed by atoms with Gasteiger partial charge in [0.05, 0.1) is 6.10 Å². The molecule has 2 N–H and O–H groups in total. The van der Waals surface area contributed by atoms with Crippen molar-refractivity contribution in [3.63, 3.8) is 0 Å². The predicted molar refractivity (Wildman–Crippen MR) is 83.9 cm³/mol. The molecule has 0 heterocycles. The lowest BCUT2D eigenvalue weighted by Gasteiger charge is -2.07. The van der Waals surface area contributed by atoms with Crippen LogP contribution in [0.2, 0.25) is 0 Å². The maximum atomic E-state index is 10.3. The zero-order valence-electron chi connectivity index (χ0n) is 13.0. The highest BCUT2D eigenvalue weighted by atomic mass is 16.4. The predicted octanol–water partition coefficient (Wildman–Crippen LogP) is 4.69. The van der Waals surface area contributed by atoms with Crippen molar-refractivity contribution in [1.82, 2.24) is 0 Å². The van der Waals surface area contributed by atoms with Crippen LogP contribution in [-0.2, 0) is 4.79 Å². The Balaban J connectivity index is 3.24. The summed E-state index contributed by atoms with van der Waals surface area (Å²) in [6.07, 6.45) is 16.2. The summed E-state index contributed by atoms with van der Waals surface area (Å²) in [5, 5.41) is 18.1. The van der Waals surface area contributed by atoms with Gasteiger partial charge in [-0.1, -0.05) is 51.2 Å². The third-order valence-corrected chi connectivity index (χ3v) is 3.49. The molecule has 0 aliphatic rings. The molecule has 3 heteroatoms. The number of unbranched alkanes of at least 4 members (excludes halogenated alkanes) is 7. The van der Waals surface area contributed by atoms with E-state index in [4.69, 9.17) is 5.11 Å². The highest BCUT2D eigenvalue weighted by Crippen LogP contribution is 2.10. The summed E-state index contributed by atoms with van der Waals surface area (Å²) in [5.41, 5.74) is 0. The molecule has 0 aliphatic carbocycles. The smallest absolute Gasteiger partial charge is 0.303 e. The van der Waals surface area contributed by atoms with Crippen LogP contribution in [0, 0.1) is 0 Å². The van der Waals surface area contributed by atoms with Crippen molar-refractivity contribution in [2.75, 3.05) is 0 Å². The van der Waals surface area contributed by atoms with Crippen LogP contribution in [0.4, 0.5) is 0 Å². The molecular weight excluding hydrogens is 252 g/mol. The van der Waals surface area contributed by atoms with Crippen molar-refractivity contribution < 1.29 is 15.0 Å². The normalized spacial score (nSPS) is 12.9. The van der Waals surface area contributed by atoms with Crippen LogP contribution < -0.4 is 0 Å². The lowest BCUT2D eigenvalue weighted by molar-refractivity contribution is -0.137. The molecule has 0 spiro atoms. The van der Waals surface area contributed by atoms with E-state index in [-0.39, 0.29) is 6.42 Å². The van der Waals surface area contributed by atoms with Crippen molar-refractivity contribution >= 4 is 5.97 Å². The Morgan fingerprint density at radius 2 is 1.55 bits per heavy atom. The van der Waals surface area contributed by atoms with Crippen LogP contribution in [0.1, 0.15) is 84.0 Å². The molecule has 0 amide bonds. The van der Waals surface area contributed by atoms with E-state index in [1.165, 1.54) is 38.5 Å². The fourth-order valence-corrected chi connectivity index (χ4v) is 2.18. The van der Waals surface area contributed by atoms with Gasteiger partial charge in [0.1, 0.15) is 0 Å². The largest absolute Gasteiger partial charge is 0.481 e. The van der Waals surface area contributed by atoms with Crippen LogP contribution in [-0.4, -0.2) is 22.3 Å². The average Bonchev–Trinajstić information content (AvgIpc) is 2.42. The SMILES string of the molecule is CCCCCCC/C=C\CCCCC(O)CCC(=O)O. The number of carbonyl (C=O) groups is 1. The minimum absolute atomic E-state index is 0.0686. The zero-order chi connectivity index (χ0) is 15.1. The van der Waals surface area contributed by atoms with E-state index in [9.17, 15) is 9.90 Å². The van der Waals surface area contributed by atoms with Crippen LogP contribution >= 0.6 is 0 Å². The van der Waals surface area contributed by atoms with Gasteiger partial charge in [0, 0.05) is 6.42 Å². The minimum Gasteiger partial charge on any atom is -0.481 e. The number of carboxylic acid groups (broad SMARTS) is 1. The molecule has 0 fully saturated rings. The number of aliphatic carboxylic acids is 1. The van der Waals surface area contributed by atoms with Gasteiger partial charge in [-0.2, -0.15) is 0 Å². The first kappa shape index (κ1) is 19.2. The van der Waals surface area contributed by atoms with E-state index in [2.05, 4.69) is 19.1 Å². The molecule has 0 radical (unpaired) electrons. The number of aliphatic hydroxyl groups is 1. The Kier molecular flexibility index (Phi) is 14.0. The van der Waals surface area contributed by atoms with Crippen molar-refractivity contribution in [2.45, 2.75) is 90.1 Å². The average molecular weight is 284 g/mol. The molecule has 0 aromatic carbocycles. The monoisotopic (exact) mass is 284 g/mol. The maximum absolute atomic E-state index is 10.3. The molecule has 0 saturated heterocycles. The van der Waals surface area contributed by atoms with E-state index in [1.807, 2.05) is 0 Å². The number of allylic oxidation sites excluding steroid dienone is 2. The lowest BCUT2D eigenvalue weighted by atomic mass is 10.1. The van der Waals surface area contributed by atoms with Crippen LogP contribution in [0.5, 0.6) is 0 Å². The number of rotatable bonds is 14. The topological polar surface area (TPSA) is 57.5 Å². The summed E-state index contributed by atoms with van der Waals surface area (Å²) < 4.78 is 0. The van der Waals surface area contributed by atoms with E-state index >= 15 is 0 Å². The minimum atomic E-state index is -0.828. The van der Waals surface area contributed by atoms with Crippen LogP contribution in [0.3, 0.4) is 0 Å². The Hall–Kier alpha value is -0.830. The van der Waals surface area contributed by atoms with Crippen LogP contribution in [0.15, 0.2) is 12.2 Å². The fraction of sp³-hybridized carbons (Fsp3) is 0.824. The summed E-state index contributed by atoms with van der Waals surface area (Å²) in [5.74, 6) is -0.828. The first-order valence-electron chi connectivity index (χ1n) is 8.21. The van der Waals surface area contributed by atoms with Gasteiger partial charge in [-0.3, -0.25) is 4.79 Å². The molecule has 0 saturated carbocycles. The molecule has 0 bridgehead atoms. The highest BCUT2D eigenvalue weighted by Gasteiger charge is 2.06. The van der Waals surface area contributed by atoms with Gasteiger partial charge < -0.3 is 10.2 Å². The molecule has 20 heavy (non-hydrogen) atoms. The Bertz CT molecular complexity index is 249. The second-order valence-electron chi connectivity index (χ2n) is 5.54. The molecule has 0 aromatic heterocycles. The van der Waals surface area contributed by atoms with E-state index in [1.54, 1.807) is 0 Å². The van der Waals surface area contributed by atoms with Crippen molar-refractivity contribution in [2.24, 2.45) is 0 Å².